The molecule has 1 aliphatic heterocycles. The van der Waals surface area contributed by atoms with E-state index in [1.54, 1.807) is 18.3 Å². The number of rotatable bonds is 3. The van der Waals surface area contributed by atoms with E-state index in [1.165, 1.54) is 12.0 Å². The summed E-state index contributed by atoms with van der Waals surface area (Å²) in [6.45, 7) is 0.809. The third kappa shape index (κ3) is 3.67. The van der Waals surface area contributed by atoms with Gasteiger partial charge in [-0.05, 0) is 12.1 Å². The van der Waals surface area contributed by atoms with Gasteiger partial charge in [0, 0.05) is 25.8 Å². The molecular weight excluding hydrogens is 282 g/mol. The quantitative estimate of drug-likeness (QED) is 0.804. The lowest BCUT2D eigenvalue weighted by molar-refractivity contribution is -0.130. The number of carbonyl (C=O) groups excluding carboxylic acids is 1. The van der Waals surface area contributed by atoms with Crippen molar-refractivity contribution in [1.29, 1.82) is 0 Å². The fourth-order valence-corrected chi connectivity index (χ4v) is 3.00. The second kappa shape index (κ2) is 6.19. The molecule has 0 aliphatic carbocycles. The summed E-state index contributed by atoms with van der Waals surface area (Å²) in [4.78, 5) is 17.9. The maximum Gasteiger partial charge on any atom is 0.228 e. The van der Waals surface area contributed by atoms with E-state index < -0.39 is 10.0 Å². The van der Waals surface area contributed by atoms with Crippen molar-refractivity contribution in [2.24, 2.45) is 0 Å². The second-order valence-electron chi connectivity index (χ2n) is 4.42. The smallest absolute Gasteiger partial charge is 0.228 e. The van der Waals surface area contributed by atoms with Crippen LogP contribution in [0, 0.1) is 0 Å². The van der Waals surface area contributed by atoms with Crippen molar-refractivity contribution in [3.05, 3.63) is 24.0 Å². The van der Waals surface area contributed by atoms with Crippen LogP contribution in [-0.4, -0.2) is 56.7 Å². The number of hydrogen-bond donors (Lipinski definition) is 1. The van der Waals surface area contributed by atoms with Gasteiger partial charge in [0.1, 0.15) is 5.75 Å². The number of pyridine rings is 1. The molecule has 0 spiro atoms. The fraction of sp³-hybridized carbons (Fsp3) is 0.500. The minimum atomic E-state index is -3.26. The summed E-state index contributed by atoms with van der Waals surface area (Å²) in [6, 6.07) is 3.47. The van der Waals surface area contributed by atoms with Crippen molar-refractivity contribution in [3.63, 3.8) is 0 Å². The molecule has 0 bridgehead atoms. The van der Waals surface area contributed by atoms with Gasteiger partial charge in [-0.1, -0.05) is 0 Å². The van der Waals surface area contributed by atoms with E-state index in [1.807, 2.05) is 0 Å². The number of methoxy groups -OCH3 is 1. The highest BCUT2D eigenvalue weighted by atomic mass is 32.2. The standard InChI is InChI=1S/C12H17N3O4S/c1-19-11-3-2-4-13-10(11)9-12(16)15-6-5-14-20(17,18)8-7-15/h2-4,14H,5-9H2,1H3. The average Bonchev–Trinajstić information content (AvgIpc) is 2.60. The first kappa shape index (κ1) is 14.7. The van der Waals surface area contributed by atoms with Gasteiger partial charge in [-0.25, -0.2) is 13.1 Å². The van der Waals surface area contributed by atoms with Crippen molar-refractivity contribution < 1.29 is 17.9 Å². The predicted molar refractivity (Wildman–Crippen MR) is 72.9 cm³/mol. The van der Waals surface area contributed by atoms with E-state index in [0.29, 0.717) is 18.0 Å². The SMILES string of the molecule is COc1cccnc1CC(=O)N1CCNS(=O)(=O)CC1. The van der Waals surface area contributed by atoms with Gasteiger partial charge in [-0.15, -0.1) is 0 Å². The van der Waals surface area contributed by atoms with Gasteiger partial charge in [-0.3, -0.25) is 9.78 Å². The Labute approximate surface area is 118 Å². The molecule has 1 saturated heterocycles. The van der Waals surface area contributed by atoms with E-state index in [2.05, 4.69) is 9.71 Å². The number of nitrogens with one attached hydrogen (secondary N) is 1. The highest BCUT2D eigenvalue weighted by Crippen LogP contribution is 2.16. The van der Waals surface area contributed by atoms with Gasteiger partial charge in [0.15, 0.2) is 0 Å². The lowest BCUT2D eigenvalue weighted by Gasteiger charge is -2.19. The highest BCUT2D eigenvalue weighted by Gasteiger charge is 2.23. The molecule has 0 atom stereocenters. The van der Waals surface area contributed by atoms with Gasteiger partial charge in [0.05, 0.1) is 25.0 Å². The van der Waals surface area contributed by atoms with Gasteiger partial charge in [-0.2, -0.15) is 0 Å². The zero-order valence-corrected chi connectivity index (χ0v) is 12.0. The first-order valence-corrected chi connectivity index (χ1v) is 7.90. The van der Waals surface area contributed by atoms with Crippen LogP contribution in [0.2, 0.25) is 0 Å². The Hall–Kier alpha value is -1.67. The second-order valence-corrected chi connectivity index (χ2v) is 6.35. The van der Waals surface area contributed by atoms with Crippen LogP contribution in [0.25, 0.3) is 0 Å². The van der Waals surface area contributed by atoms with Crippen LogP contribution in [0.3, 0.4) is 0 Å². The monoisotopic (exact) mass is 299 g/mol. The van der Waals surface area contributed by atoms with Crippen LogP contribution in [-0.2, 0) is 21.2 Å². The number of sulfonamides is 1. The maximum atomic E-state index is 12.2. The largest absolute Gasteiger partial charge is 0.495 e. The molecule has 110 valence electrons. The number of amides is 1. The Balaban J connectivity index is 2.05. The number of nitrogens with zero attached hydrogens (tertiary/aromatic N) is 2. The molecule has 2 rings (SSSR count). The van der Waals surface area contributed by atoms with E-state index in [0.717, 1.165) is 0 Å². The van der Waals surface area contributed by atoms with Crippen LogP contribution < -0.4 is 9.46 Å². The minimum absolute atomic E-state index is 0.0713. The summed E-state index contributed by atoms with van der Waals surface area (Å²) in [7, 11) is -1.73. The minimum Gasteiger partial charge on any atom is -0.495 e. The molecule has 20 heavy (non-hydrogen) atoms. The number of hydrogen-bond acceptors (Lipinski definition) is 5. The predicted octanol–water partition coefficient (Wildman–Crippen LogP) is -0.606. The lowest BCUT2D eigenvalue weighted by atomic mass is 10.2. The zero-order chi connectivity index (χ0) is 14.6. The van der Waals surface area contributed by atoms with Crippen LogP contribution in [0.4, 0.5) is 0 Å². The summed E-state index contributed by atoms with van der Waals surface area (Å²) in [5.74, 6) is 0.334. The van der Waals surface area contributed by atoms with Crippen molar-refractivity contribution in [2.75, 3.05) is 32.5 Å². The van der Waals surface area contributed by atoms with Crippen LogP contribution in [0.1, 0.15) is 5.69 Å². The summed E-state index contributed by atoms with van der Waals surface area (Å²) in [6.07, 6.45) is 1.70. The molecule has 1 aromatic heterocycles. The molecule has 1 aliphatic rings. The summed E-state index contributed by atoms with van der Waals surface area (Å²) in [5.41, 5.74) is 0.556. The highest BCUT2D eigenvalue weighted by molar-refractivity contribution is 7.89. The third-order valence-corrected chi connectivity index (χ3v) is 4.44. The molecule has 0 radical (unpaired) electrons. The van der Waals surface area contributed by atoms with Gasteiger partial charge >= 0.3 is 0 Å². The van der Waals surface area contributed by atoms with Crippen molar-refractivity contribution in [2.45, 2.75) is 6.42 Å². The molecule has 8 heteroatoms. The topological polar surface area (TPSA) is 88.6 Å². The lowest BCUT2D eigenvalue weighted by Crippen LogP contribution is -2.36. The Morgan fingerprint density at radius 2 is 2.30 bits per heavy atom. The Bertz CT molecular complexity index is 588. The van der Waals surface area contributed by atoms with E-state index in [9.17, 15) is 13.2 Å². The normalized spacial score (nSPS) is 18.4. The molecule has 0 aromatic carbocycles. The van der Waals surface area contributed by atoms with E-state index in [-0.39, 0.29) is 31.2 Å². The molecule has 2 heterocycles. The van der Waals surface area contributed by atoms with Crippen LogP contribution in [0.15, 0.2) is 18.3 Å². The molecule has 0 saturated carbocycles. The van der Waals surface area contributed by atoms with Crippen LogP contribution in [0.5, 0.6) is 5.75 Å². The van der Waals surface area contributed by atoms with Crippen molar-refractivity contribution in [1.82, 2.24) is 14.6 Å². The number of ether oxygens (including phenoxy) is 1. The number of aromatic nitrogens is 1. The van der Waals surface area contributed by atoms with Crippen molar-refractivity contribution in [3.8, 4) is 5.75 Å². The van der Waals surface area contributed by atoms with E-state index in [4.69, 9.17) is 4.74 Å². The van der Waals surface area contributed by atoms with Gasteiger partial charge in [0.25, 0.3) is 0 Å². The summed E-state index contributed by atoms with van der Waals surface area (Å²) >= 11 is 0. The molecule has 1 N–H and O–H groups in total. The molecular formula is C12H17N3O4S. The first-order valence-electron chi connectivity index (χ1n) is 6.25. The molecule has 1 amide bonds. The first-order chi connectivity index (χ1) is 9.52. The number of carbonyl (C=O) groups is 1. The summed E-state index contributed by atoms with van der Waals surface area (Å²) < 4.78 is 30.4. The van der Waals surface area contributed by atoms with Crippen LogP contribution >= 0.6 is 0 Å². The fourth-order valence-electron chi connectivity index (χ4n) is 2.00. The molecule has 0 unspecified atom stereocenters. The maximum absolute atomic E-state index is 12.2. The average molecular weight is 299 g/mol. The van der Waals surface area contributed by atoms with E-state index >= 15 is 0 Å². The van der Waals surface area contributed by atoms with Crippen molar-refractivity contribution >= 4 is 15.9 Å². The van der Waals surface area contributed by atoms with Gasteiger partial charge < -0.3 is 9.64 Å². The Morgan fingerprint density at radius 3 is 3.05 bits per heavy atom. The third-order valence-electron chi connectivity index (χ3n) is 3.07. The molecule has 1 aromatic rings. The zero-order valence-electron chi connectivity index (χ0n) is 11.2. The molecule has 1 fully saturated rings. The van der Waals surface area contributed by atoms with Gasteiger partial charge in [0.2, 0.25) is 15.9 Å². The molecule has 7 nitrogen and oxygen atoms in total. The summed E-state index contributed by atoms with van der Waals surface area (Å²) in [5, 5.41) is 0. The Morgan fingerprint density at radius 1 is 1.50 bits per heavy atom. The Kier molecular flexibility index (Phi) is 4.56.